The van der Waals surface area contributed by atoms with E-state index in [0.29, 0.717) is 6.54 Å². The fourth-order valence-corrected chi connectivity index (χ4v) is 2.87. The number of sulfonamides is 1. The molecule has 1 atom stereocenters. The summed E-state index contributed by atoms with van der Waals surface area (Å²) in [6.07, 6.45) is -0.233. The van der Waals surface area contributed by atoms with Crippen LogP contribution in [0, 0.1) is 0 Å². The Kier molecular flexibility index (Phi) is 6.99. The first-order valence-electron chi connectivity index (χ1n) is 6.94. The Morgan fingerprint density at radius 1 is 1.35 bits per heavy atom. The molecule has 128 valence electrons. The minimum absolute atomic E-state index is 0.0154. The van der Waals surface area contributed by atoms with Gasteiger partial charge in [0.05, 0.1) is 10.6 Å². The van der Waals surface area contributed by atoms with Gasteiger partial charge < -0.3 is 10.1 Å². The fourth-order valence-electron chi connectivity index (χ4n) is 1.62. The summed E-state index contributed by atoms with van der Waals surface area (Å²) in [6, 6.07) is 3.72. The monoisotopic (exact) mass is 362 g/mol. The van der Waals surface area contributed by atoms with Crippen LogP contribution in [0.15, 0.2) is 23.1 Å². The van der Waals surface area contributed by atoms with Crippen molar-refractivity contribution in [2.24, 2.45) is 0 Å². The molecule has 0 radical (unpaired) electrons. The van der Waals surface area contributed by atoms with E-state index >= 15 is 0 Å². The highest BCUT2D eigenvalue weighted by Gasteiger charge is 2.22. The van der Waals surface area contributed by atoms with Crippen LogP contribution in [-0.4, -0.2) is 40.0 Å². The van der Waals surface area contributed by atoms with Gasteiger partial charge in [-0.15, -0.1) is 0 Å². The van der Waals surface area contributed by atoms with Crippen LogP contribution < -0.4 is 10.0 Å². The lowest BCUT2D eigenvalue weighted by Crippen LogP contribution is -2.36. The summed E-state index contributed by atoms with van der Waals surface area (Å²) >= 11 is 5.84. The summed E-state index contributed by atoms with van der Waals surface area (Å²) < 4.78 is 30.8. The lowest BCUT2D eigenvalue weighted by Gasteiger charge is -2.14. The van der Waals surface area contributed by atoms with E-state index in [1.165, 1.54) is 26.1 Å². The molecule has 7 nitrogen and oxygen atoms in total. The van der Waals surface area contributed by atoms with E-state index in [4.69, 9.17) is 16.3 Å². The van der Waals surface area contributed by atoms with Crippen LogP contribution >= 0.6 is 11.6 Å². The number of amides is 1. The highest BCUT2D eigenvalue weighted by atomic mass is 35.5. The van der Waals surface area contributed by atoms with E-state index < -0.39 is 28.0 Å². The van der Waals surface area contributed by atoms with Crippen molar-refractivity contribution in [1.29, 1.82) is 0 Å². The molecular formula is C14H19ClN2O5S. The molecule has 0 unspecified atom stereocenters. The molecule has 0 fully saturated rings. The Morgan fingerprint density at radius 3 is 2.57 bits per heavy atom. The van der Waals surface area contributed by atoms with Crippen LogP contribution in [0.3, 0.4) is 0 Å². The molecule has 1 rings (SSSR count). The fraction of sp³-hybridized carbons (Fsp3) is 0.429. The molecule has 0 aromatic heterocycles. The molecule has 0 heterocycles. The number of rotatable bonds is 7. The van der Waals surface area contributed by atoms with E-state index in [0.717, 1.165) is 12.5 Å². The van der Waals surface area contributed by atoms with Gasteiger partial charge >= 0.3 is 5.97 Å². The minimum Gasteiger partial charge on any atom is -0.449 e. The lowest BCUT2D eigenvalue weighted by molar-refractivity contribution is -0.129. The van der Waals surface area contributed by atoms with Crippen molar-refractivity contribution < 1.29 is 22.7 Å². The Morgan fingerprint density at radius 2 is 2.00 bits per heavy atom. The minimum atomic E-state index is -3.81. The van der Waals surface area contributed by atoms with Gasteiger partial charge in [0.15, 0.2) is 6.10 Å². The summed E-state index contributed by atoms with van der Waals surface area (Å²) in [7, 11) is -2.58. The molecule has 0 saturated carbocycles. The van der Waals surface area contributed by atoms with Gasteiger partial charge in [0.25, 0.3) is 5.91 Å². The van der Waals surface area contributed by atoms with E-state index in [9.17, 15) is 18.0 Å². The molecule has 1 aromatic carbocycles. The topological polar surface area (TPSA) is 102 Å². The van der Waals surface area contributed by atoms with Crippen molar-refractivity contribution in [3.63, 3.8) is 0 Å². The highest BCUT2D eigenvalue weighted by Crippen LogP contribution is 2.23. The second kappa shape index (κ2) is 8.28. The summed E-state index contributed by atoms with van der Waals surface area (Å²) in [4.78, 5) is 23.5. The SMILES string of the molecule is CCCNC(=O)[C@H](C)OC(=O)c1ccc(Cl)c(S(=O)(=O)NC)c1. The Bertz CT molecular complexity index is 690. The molecule has 1 aromatic rings. The zero-order chi connectivity index (χ0) is 17.6. The highest BCUT2D eigenvalue weighted by molar-refractivity contribution is 7.89. The second-order valence-corrected chi connectivity index (χ2v) is 6.95. The molecule has 9 heteroatoms. The second-order valence-electron chi connectivity index (χ2n) is 4.69. The normalized spacial score (nSPS) is 12.5. The predicted octanol–water partition coefficient (Wildman–Crippen LogP) is 1.32. The summed E-state index contributed by atoms with van der Waals surface area (Å²) in [6.45, 7) is 3.81. The molecule has 0 spiro atoms. The maximum Gasteiger partial charge on any atom is 0.338 e. The standard InChI is InChI=1S/C14H19ClN2O5S/c1-4-7-17-13(18)9(2)22-14(19)10-5-6-11(15)12(8-10)23(20,21)16-3/h5-6,8-9,16H,4,7H2,1-3H3,(H,17,18)/t9-/m0/s1. The van der Waals surface area contributed by atoms with Crippen molar-refractivity contribution in [2.45, 2.75) is 31.3 Å². The zero-order valence-corrected chi connectivity index (χ0v) is 14.6. The Hall–Kier alpha value is -1.64. The Balaban J connectivity index is 2.93. The molecule has 1 amide bonds. The average Bonchev–Trinajstić information content (AvgIpc) is 2.52. The van der Waals surface area contributed by atoms with Crippen LogP contribution in [0.5, 0.6) is 0 Å². The van der Waals surface area contributed by atoms with Crippen LogP contribution in [0.2, 0.25) is 5.02 Å². The van der Waals surface area contributed by atoms with Crippen LogP contribution in [0.1, 0.15) is 30.6 Å². The third-order valence-corrected chi connectivity index (χ3v) is 4.82. The maximum absolute atomic E-state index is 12.1. The molecular weight excluding hydrogens is 344 g/mol. The largest absolute Gasteiger partial charge is 0.449 e. The van der Waals surface area contributed by atoms with Crippen LogP contribution in [0.25, 0.3) is 0 Å². The van der Waals surface area contributed by atoms with Crippen molar-refractivity contribution in [1.82, 2.24) is 10.0 Å². The number of hydrogen-bond acceptors (Lipinski definition) is 5. The number of esters is 1. The van der Waals surface area contributed by atoms with Crippen molar-refractivity contribution in [2.75, 3.05) is 13.6 Å². The predicted molar refractivity (Wildman–Crippen MR) is 85.9 cm³/mol. The molecule has 0 bridgehead atoms. The van der Waals surface area contributed by atoms with Crippen molar-refractivity contribution in [3.8, 4) is 0 Å². The molecule has 0 aliphatic heterocycles. The van der Waals surface area contributed by atoms with Crippen molar-refractivity contribution >= 4 is 33.5 Å². The van der Waals surface area contributed by atoms with E-state index in [1.807, 2.05) is 6.92 Å². The van der Waals surface area contributed by atoms with E-state index in [-0.39, 0.29) is 15.5 Å². The van der Waals surface area contributed by atoms with Gasteiger partial charge in [-0.05, 0) is 38.6 Å². The van der Waals surface area contributed by atoms with Crippen LogP contribution in [-0.2, 0) is 19.6 Å². The van der Waals surface area contributed by atoms with E-state index in [1.54, 1.807) is 0 Å². The molecule has 0 aliphatic rings. The summed E-state index contributed by atoms with van der Waals surface area (Å²) in [5.74, 6) is -1.23. The van der Waals surface area contributed by atoms with E-state index in [2.05, 4.69) is 10.0 Å². The summed E-state index contributed by atoms with van der Waals surface area (Å²) in [5.41, 5.74) is -0.0154. The van der Waals surface area contributed by atoms with Gasteiger partial charge in [0.2, 0.25) is 10.0 Å². The number of carbonyl (C=O) groups excluding carboxylic acids is 2. The molecule has 2 N–H and O–H groups in total. The number of benzene rings is 1. The van der Waals surface area contributed by atoms with Gasteiger partial charge in [0, 0.05) is 6.54 Å². The third kappa shape index (κ3) is 5.19. The first-order valence-corrected chi connectivity index (χ1v) is 8.80. The smallest absolute Gasteiger partial charge is 0.338 e. The number of halogens is 1. The lowest BCUT2D eigenvalue weighted by atomic mass is 10.2. The maximum atomic E-state index is 12.1. The average molecular weight is 363 g/mol. The molecule has 23 heavy (non-hydrogen) atoms. The van der Waals surface area contributed by atoms with Gasteiger partial charge in [-0.2, -0.15) is 0 Å². The number of hydrogen-bond donors (Lipinski definition) is 2. The summed E-state index contributed by atoms with van der Waals surface area (Å²) in [5, 5.41) is 2.58. The Labute approximate surface area is 140 Å². The number of nitrogens with one attached hydrogen (secondary N) is 2. The molecule has 0 saturated heterocycles. The van der Waals surface area contributed by atoms with Gasteiger partial charge in [-0.3, -0.25) is 4.79 Å². The quantitative estimate of drug-likeness (QED) is 0.712. The number of ether oxygens (including phenoxy) is 1. The van der Waals surface area contributed by atoms with Crippen molar-refractivity contribution in [3.05, 3.63) is 28.8 Å². The van der Waals surface area contributed by atoms with Crippen LogP contribution in [0.4, 0.5) is 0 Å². The first kappa shape index (κ1) is 19.4. The molecule has 0 aliphatic carbocycles. The van der Waals surface area contributed by atoms with Gasteiger partial charge in [-0.25, -0.2) is 17.9 Å². The first-order chi connectivity index (χ1) is 10.7. The number of carbonyl (C=O) groups is 2. The van der Waals surface area contributed by atoms with Gasteiger partial charge in [0.1, 0.15) is 4.90 Å². The van der Waals surface area contributed by atoms with Gasteiger partial charge in [-0.1, -0.05) is 18.5 Å². The zero-order valence-electron chi connectivity index (χ0n) is 13.1. The third-order valence-electron chi connectivity index (χ3n) is 2.93.